The van der Waals surface area contributed by atoms with Crippen molar-refractivity contribution in [2.24, 2.45) is 0 Å². The Bertz CT molecular complexity index is 700. The molecule has 0 aliphatic carbocycles. The average Bonchev–Trinajstić information content (AvgIpc) is 2.80. The lowest BCUT2D eigenvalue weighted by Crippen LogP contribution is -1.95. The van der Waals surface area contributed by atoms with Gasteiger partial charge in [0.25, 0.3) is 0 Å². The summed E-state index contributed by atoms with van der Waals surface area (Å²) in [7, 11) is 0. The lowest BCUT2D eigenvalue weighted by molar-refractivity contribution is 0.302. The summed E-state index contributed by atoms with van der Waals surface area (Å²) in [6.45, 7) is 2.62. The van der Waals surface area contributed by atoms with Crippen LogP contribution in [0.2, 0.25) is 0 Å². The first kappa shape index (κ1) is 12.3. The van der Waals surface area contributed by atoms with Gasteiger partial charge in [-0.1, -0.05) is 33.6 Å². The van der Waals surface area contributed by atoms with Crippen LogP contribution in [0.1, 0.15) is 11.3 Å². The quantitative estimate of drug-likeness (QED) is 0.736. The Balaban J connectivity index is 1.76. The molecule has 0 saturated carbocycles. The van der Waals surface area contributed by atoms with Gasteiger partial charge < -0.3 is 9.72 Å². The Morgan fingerprint density at radius 1 is 1.05 bits per heavy atom. The molecule has 1 N–H and O–H groups in total. The molecule has 2 nitrogen and oxygen atoms in total. The molecule has 1 heterocycles. The average molecular weight is 316 g/mol. The first-order valence-corrected chi connectivity index (χ1v) is 6.97. The van der Waals surface area contributed by atoms with Gasteiger partial charge in [-0.05, 0) is 43.3 Å². The van der Waals surface area contributed by atoms with E-state index in [2.05, 4.69) is 58.2 Å². The third-order valence-electron chi connectivity index (χ3n) is 3.05. The normalized spacial score (nSPS) is 10.8. The van der Waals surface area contributed by atoms with Crippen molar-refractivity contribution in [1.29, 1.82) is 0 Å². The van der Waals surface area contributed by atoms with Crippen LogP contribution in [0.15, 0.2) is 53.0 Å². The molecule has 0 unspecified atom stereocenters. The van der Waals surface area contributed by atoms with Gasteiger partial charge in [0.2, 0.25) is 0 Å². The number of H-pyrrole nitrogens is 1. The second-order valence-electron chi connectivity index (χ2n) is 4.63. The second-order valence-corrected chi connectivity index (χ2v) is 5.54. The van der Waals surface area contributed by atoms with Gasteiger partial charge in [-0.3, -0.25) is 0 Å². The maximum Gasteiger partial charge on any atom is 0.128 e. The first-order valence-electron chi connectivity index (χ1n) is 6.17. The summed E-state index contributed by atoms with van der Waals surface area (Å²) in [5, 5.41) is 1.19. The summed E-state index contributed by atoms with van der Waals surface area (Å²) in [5.74, 6) is 0.894. The number of ether oxygens (including phenoxy) is 1. The number of halogens is 1. The van der Waals surface area contributed by atoms with E-state index in [-0.39, 0.29) is 0 Å². The summed E-state index contributed by atoms with van der Waals surface area (Å²) >= 11 is 3.48. The van der Waals surface area contributed by atoms with E-state index in [1.807, 2.05) is 18.2 Å². The fourth-order valence-electron chi connectivity index (χ4n) is 2.04. The molecule has 0 spiro atoms. The van der Waals surface area contributed by atoms with Crippen LogP contribution < -0.4 is 4.74 Å². The standard InChI is InChI=1S/C16H14BrNO/c1-11-2-5-15(6-3-11)19-10-14-9-12-8-13(17)4-7-16(12)18-14/h2-9,18H,10H2,1H3. The molecule has 0 aliphatic rings. The molecule has 0 atom stereocenters. The number of fused-ring (bicyclic) bond motifs is 1. The highest BCUT2D eigenvalue weighted by molar-refractivity contribution is 9.10. The third-order valence-corrected chi connectivity index (χ3v) is 3.55. The number of aromatic amines is 1. The van der Waals surface area contributed by atoms with E-state index in [1.165, 1.54) is 10.9 Å². The molecule has 0 saturated heterocycles. The van der Waals surface area contributed by atoms with Gasteiger partial charge in [-0.2, -0.15) is 0 Å². The molecule has 3 aromatic rings. The first-order chi connectivity index (χ1) is 9.20. The van der Waals surface area contributed by atoms with Gasteiger partial charge >= 0.3 is 0 Å². The number of rotatable bonds is 3. The van der Waals surface area contributed by atoms with E-state index in [1.54, 1.807) is 0 Å². The Morgan fingerprint density at radius 3 is 2.63 bits per heavy atom. The Kier molecular flexibility index (Phi) is 3.30. The van der Waals surface area contributed by atoms with Crippen LogP contribution in [0.4, 0.5) is 0 Å². The van der Waals surface area contributed by atoms with Crippen molar-refractivity contribution in [3.05, 3.63) is 64.3 Å². The topological polar surface area (TPSA) is 25.0 Å². The molecule has 0 radical (unpaired) electrons. The SMILES string of the molecule is Cc1ccc(OCc2cc3cc(Br)ccc3[nH]2)cc1. The minimum Gasteiger partial charge on any atom is -0.487 e. The van der Waals surface area contributed by atoms with E-state index < -0.39 is 0 Å². The highest BCUT2D eigenvalue weighted by Crippen LogP contribution is 2.21. The number of hydrogen-bond donors (Lipinski definition) is 1. The van der Waals surface area contributed by atoms with Crippen LogP contribution in [-0.4, -0.2) is 4.98 Å². The van der Waals surface area contributed by atoms with E-state index in [9.17, 15) is 0 Å². The van der Waals surface area contributed by atoms with Gasteiger partial charge in [0.1, 0.15) is 12.4 Å². The molecule has 3 heteroatoms. The van der Waals surface area contributed by atoms with Crippen molar-refractivity contribution < 1.29 is 4.74 Å². The highest BCUT2D eigenvalue weighted by Gasteiger charge is 2.02. The molecule has 2 aromatic carbocycles. The predicted molar refractivity (Wildman–Crippen MR) is 81.5 cm³/mol. The third kappa shape index (κ3) is 2.82. The van der Waals surface area contributed by atoms with E-state index in [0.717, 1.165) is 21.4 Å². The minimum absolute atomic E-state index is 0.551. The molecule has 0 fully saturated rings. The highest BCUT2D eigenvalue weighted by atomic mass is 79.9. The van der Waals surface area contributed by atoms with E-state index >= 15 is 0 Å². The van der Waals surface area contributed by atoms with Gasteiger partial charge in [0, 0.05) is 15.4 Å². The van der Waals surface area contributed by atoms with Crippen molar-refractivity contribution in [3.8, 4) is 5.75 Å². The molecule has 0 amide bonds. The Labute approximate surface area is 120 Å². The number of aromatic nitrogens is 1. The van der Waals surface area contributed by atoms with Crippen LogP contribution in [0, 0.1) is 6.92 Å². The molecule has 0 bridgehead atoms. The number of nitrogens with one attached hydrogen (secondary N) is 1. The van der Waals surface area contributed by atoms with Crippen LogP contribution in [-0.2, 0) is 6.61 Å². The summed E-state index contributed by atoms with van der Waals surface area (Å²) in [6.07, 6.45) is 0. The molecule has 96 valence electrons. The Hall–Kier alpha value is -1.74. The molecular formula is C16H14BrNO. The predicted octanol–water partition coefficient (Wildman–Crippen LogP) is 4.82. The fourth-order valence-corrected chi connectivity index (χ4v) is 2.42. The van der Waals surface area contributed by atoms with Crippen LogP contribution >= 0.6 is 15.9 Å². The summed E-state index contributed by atoms with van der Waals surface area (Å²) in [6, 6.07) is 16.4. The lowest BCUT2D eigenvalue weighted by atomic mass is 10.2. The van der Waals surface area contributed by atoms with Crippen LogP contribution in [0.25, 0.3) is 10.9 Å². The molecular weight excluding hydrogens is 302 g/mol. The number of aryl methyl sites for hydroxylation is 1. The number of hydrogen-bond acceptors (Lipinski definition) is 1. The van der Waals surface area contributed by atoms with Crippen molar-refractivity contribution in [1.82, 2.24) is 4.98 Å². The summed E-state index contributed by atoms with van der Waals surface area (Å²) in [5.41, 5.74) is 3.45. The van der Waals surface area contributed by atoms with Gasteiger partial charge in [-0.25, -0.2) is 0 Å². The number of benzene rings is 2. The lowest BCUT2D eigenvalue weighted by Gasteiger charge is -2.04. The maximum atomic E-state index is 5.76. The van der Waals surface area contributed by atoms with Crippen molar-refractivity contribution in [2.45, 2.75) is 13.5 Å². The zero-order valence-electron chi connectivity index (χ0n) is 10.6. The summed E-state index contributed by atoms with van der Waals surface area (Å²) in [4.78, 5) is 3.36. The summed E-state index contributed by atoms with van der Waals surface area (Å²) < 4.78 is 6.85. The fraction of sp³-hybridized carbons (Fsp3) is 0.125. The van der Waals surface area contributed by atoms with Gasteiger partial charge in [0.15, 0.2) is 0 Å². The second kappa shape index (κ2) is 5.10. The largest absolute Gasteiger partial charge is 0.487 e. The Morgan fingerprint density at radius 2 is 1.84 bits per heavy atom. The van der Waals surface area contributed by atoms with Gasteiger partial charge in [0.05, 0.1) is 5.69 Å². The van der Waals surface area contributed by atoms with E-state index in [0.29, 0.717) is 6.61 Å². The monoisotopic (exact) mass is 315 g/mol. The van der Waals surface area contributed by atoms with Crippen molar-refractivity contribution >= 4 is 26.8 Å². The van der Waals surface area contributed by atoms with Gasteiger partial charge in [-0.15, -0.1) is 0 Å². The smallest absolute Gasteiger partial charge is 0.128 e. The zero-order valence-corrected chi connectivity index (χ0v) is 12.2. The van der Waals surface area contributed by atoms with Crippen LogP contribution in [0.5, 0.6) is 5.75 Å². The van der Waals surface area contributed by atoms with E-state index in [4.69, 9.17) is 4.74 Å². The van der Waals surface area contributed by atoms with Crippen molar-refractivity contribution in [3.63, 3.8) is 0 Å². The maximum absolute atomic E-state index is 5.76. The minimum atomic E-state index is 0.551. The zero-order chi connectivity index (χ0) is 13.2. The molecule has 0 aliphatic heterocycles. The molecule has 19 heavy (non-hydrogen) atoms. The molecule has 3 rings (SSSR count). The van der Waals surface area contributed by atoms with Crippen LogP contribution in [0.3, 0.4) is 0 Å². The molecule has 1 aromatic heterocycles. The van der Waals surface area contributed by atoms with Crippen molar-refractivity contribution in [2.75, 3.05) is 0 Å².